The van der Waals surface area contributed by atoms with Crippen molar-refractivity contribution in [2.75, 3.05) is 13.1 Å². The van der Waals surface area contributed by atoms with Gasteiger partial charge in [-0.25, -0.2) is 4.79 Å². The number of nitrogens with zero attached hydrogens (tertiary/aromatic N) is 1. The number of rotatable bonds is 7. The van der Waals surface area contributed by atoms with Crippen molar-refractivity contribution in [1.82, 2.24) is 10.2 Å². The second kappa shape index (κ2) is 7.63. The Hall–Kier alpha value is -2.09. The van der Waals surface area contributed by atoms with Crippen molar-refractivity contribution in [2.45, 2.75) is 19.9 Å². The van der Waals surface area contributed by atoms with E-state index in [1.807, 2.05) is 31.4 Å². The van der Waals surface area contributed by atoms with Gasteiger partial charge in [-0.05, 0) is 17.4 Å². The molecule has 0 aliphatic rings. The van der Waals surface area contributed by atoms with Crippen LogP contribution >= 0.6 is 11.3 Å². The number of thiophene rings is 1. The average molecular weight is 314 g/mol. The molecule has 1 aromatic rings. The molecule has 1 unspecified atom stereocenters. The van der Waals surface area contributed by atoms with Gasteiger partial charge in [0.1, 0.15) is 13.1 Å². The molecule has 0 fully saturated rings. The number of amides is 2. The molecular weight excluding hydrogens is 296 g/mol. The molecule has 0 aromatic carbocycles. The lowest BCUT2D eigenvalue weighted by Crippen LogP contribution is -2.47. The van der Waals surface area contributed by atoms with E-state index < -0.39 is 31.1 Å². The van der Waals surface area contributed by atoms with Crippen molar-refractivity contribution < 1.29 is 24.6 Å². The zero-order chi connectivity index (χ0) is 16.0. The zero-order valence-electron chi connectivity index (χ0n) is 11.8. The second-order valence-corrected chi connectivity index (χ2v) is 5.81. The summed E-state index contributed by atoms with van der Waals surface area (Å²) in [6.07, 6.45) is 0. The normalized spacial score (nSPS) is 12.0. The summed E-state index contributed by atoms with van der Waals surface area (Å²) in [5.41, 5.74) is 0. The van der Waals surface area contributed by atoms with Gasteiger partial charge in [0.05, 0.1) is 6.04 Å². The third-order valence-corrected chi connectivity index (χ3v) is 3.69. The number of nitrogens with one attached hydrogen (secondary N) is 1. The Balaban J connectivity index is 2.82. The molecule has 0 aliphatic heterocycles. The van der Waals surface area contributed by atoms with Crippen LogP contribution in [0.3, 0.4) is 0 Å². The molecule has 0 spiro atoms. The van der Waals surface area contributed by atoms with E-state index in [0.717, 1.165) is 9.78 Å². The van der Waals surface area contributed by atoms with Crippen molar-refractivity contribution >= 4 is 29.3 Å². The SMILES string of the molecule is CC(C)C(NC(=O)N(CC(=O)O)CC(=O)O)c1cccs1. The minimum Gasteiger partial charge on any atom is -0.480 e. The van der Waals surface area contributed by atoms with Crippen molar-refractivity contribution in [2.24, 2.45) is 5.92 Å². The molecule has 0 saturated heterocycles. The smallest absolute Gasteiger partial charge is 0.323 e. The van der Waals surface area contributed by atoms with Gasteiger partial charge in [-0.15, -0.1) is 11.3 Å². The largest absolute Gasteiger partial charge is 0.480 e. The van der Waals surface area contributed by atoms with Crippen molar-refractivity contribution in [3.05, 3.63) is 22.4 Å². The van der Waals surface area contributed by atoms with Crippen LogP contribution in [0.2, 0.25) is 0 Å². The Morgan fingerprint density at radius 3 is 2.19 bits per heavy atom. The van der Waals surface area contributed by atoms with Crippen LogP contribution in [0.1, 0.15) is 24.8 Å². The lowest BCUT2D eigenvalue weighted by Gasteiger charge is -2.26. The number of hydrogen-bond acceptors (Lipinski definition) is 4. The Morgan fingerprint density at radius 2 is 1.81 bits per heavy atom. The first-order chi connectivity index (χ1) is 9.81. The Labute approximate surface area is 126 Å². The van der Waals surface area contributed by atoms with Crippen LogP contribution in [0.4, 0.5) is 4.79 Å². The fraction of sp³-hybridized carbons (Fsp3) is 0.462. The second-order valence-electron chi connectivity index (χ2n) is 4.83. The minimum absolute atomic E-state index is 0.0871. The molecule has 1 aromatic heterocycles. The number of carboxylic acids is 2. The van der Waals surface area contributed by atoms with Crippen LogP contribution < -0.4 is 5.32 Å². The van der Waals surface area contributed by atoms with E-state index in [2.05, 4.69) is 5.32 Å². The van der Waals surface area contributed by atoms with Gasteiger partial charge in [-0.1, -0.05) is 19.9 Å². The van der Waals surface area contributed by atoms with E-state index in [4.69, 9.17) is 10.2 Å². The van der Waals surface area contributed by atoms with Gasteiger partial charge < -0.3 is 20.4 Å². The third-order valence-electron chi connectivity index (χ3n) is 2.73. The Morgan fingerprint density at radius 1 is 1.24 bits per heavy atom. The van der Waals surface area contributed by atoms with E-state index >= 15 is 0 Å². The van der Waals surface area contributed by atoms with E-state index in [0.29, 0.717) is 0 Å². The monoisotopic (exact) mass is 314 g/mol. The van der Waals surface area contributed by atoms with E-state index in [-0.39, 0.29) is 12.0 Å². The van der Waals surface area contributed by atoms with Gasteiger partial charge in [0.15, 0.2) is 0 Å². The maximum Gasteiger partial charge on any atom is 0.323 e. The molecule has 3 N–H and O–H groups in total. The number of carboxylic acid groups (broad SMARTS) is 2. The van der Waals surface area contributed by atoms with Crippen LogP contribution in [0, 0.1) is 5.92 Å². The predicted octanol–water partition coefficient (Wildman–Crippen LogP) is 1.63. The Kier molecular flexibility index (Phi) is 6.16. The maximum absolute atomic E-state index is 12.1. The molecule has 116 valence electrons. The molecule has 0 bridgehead atoms. The lowest BCUT2D eigenvalue weighted by atomic mass is 10.0. The number of hydrogen-bond donors (Lipinski definition) is 3. The molecule has 2 amide bonds. The topological polar surface area (TPSA) is 107 Å². The molecule has 1 rings (SSSR count). The molecule has 1 atom stereocenters. The number of carbonyl (C=O) groups is 3. The summed E-state index contributed by atoms with van der Waals surface area (Å²) in [6, 6.07) is 2.73. The molecule has 7 nitrogen and oxygen atoms in total. The van der Waals surface area contributed by atoms with Crippen LogP contribution in [-0.2, 0) is 9.59 Å². The quantitative estimate of drug-likeness (QED) is 0.709. The summed E-state index contributed by atoms with van der Waals surface area (Å²) in [5.74, 6) is -2.43. The van der Waals surface area contributed by atoms with Crippen LogP contribution in [0.5, 0.6) is 0 Å². The van der Waals surface area contributed by atoms with E-state index in [1.54, 1.807) is 0 Å². The molecular formula is C13H18N2O5S. The summed E-state index contributed by atoms with van der Waals surface area (Å²) in [6.45, 7) is 2.52. The first kappa shape index (κ1) is 17.0. The van der Waals surface area contributed by atoms with Gasteiger partial charge >= 0.3 is 18.0 Å². The summed E-state index contributed by atoms with van der Waals surface area (Å²) in [7, 11) is 0. The molecule has 8 heteroatoms. The maximum atomic E-state index is 12.1. The molecule has 0 radical (unpaired) electrons. The van der Waals surface area contributed by atoms with Crippen LogP contribution in [0.15, 0.2) is 17.5 Å². The standard InChI is InChI=1S/C13H18N2O5S/c1-8(2)12(9-4-3-5-21-9)14-13(20)15(6-10(16)17)7-11(18)19/h3-5,8,12H,6-7H2,1-2H3,(H,14,20)(H,16,17)(H,18,19). The van der Waals surface area contributed by atoms with Crippen LogP contribution in [-0.4, -0.2) is 46.2 Å². The van der Waals surface area contributed by atoms with Gasteiger partial charge in [0.25, 0.3) is 0 Å². The van der Waals surface area contributed by atoms with E-state index in [1.165, 1.54) is 11.3 Å². The summed E-state index contributed by atoms with van der Waals surface area (Å²) < 4.78 is 0. The van der Waals surface area contributed by atoms with Gasteiger partial charge in [-0.3, -0.25) is 9.59 Å². The number of aliphatic carboxylic acids is 2. The Bertz CT molecular complexity index is 485. The number of carbonyl (C=O) groups excluding carboxylic acids is 1. The van der Waals surface area contributed by atoms with Crippen LogP contribution in [0.25, 0.3) is 0 Å². The molecule has 1 heterocycles. The lowest BCUT2D eigenvalue weighted by molar-refractivity contribution is -0.140. The highest BCUT2D eigenvalue weighted by Gasteiger charge is 2.25. The summed E-state index contributed by atoms with van der Waals surface area (Å²) in [4.78, 5) is 35.3. The predicted molar refractivity (Wildman–Crippen MR) is 77.3 cm³/mol. The van der Waals surface area contributed by atoms with Gasteiger partial charge in [0.2, 0.25) is 0 Å². The van der Waals surface area contributed by atoms with Gasteiger partial charge in [-0.2, -0.15) is 0 Å². The molecule has 0 aliphatic carbocycles. The molecule has 21 heavy (non-hydrogen) atoms. The summed E-state index contributed by atoms with van der Waals surface area (Å²) >= 11 is 1.47. The fourth-order valence-corrected chi connectivity index (χ4v) is 2.73. The first-order valence-corrected chi connectivity index (χ1v) is 7.21. The van der Waals surface area contributed by atoms with Crippen molar-refractivity contribution in [3.63, 3.8) is 0 Å². The van der Waals surface area contributed by atoms with Crippen molar-refractivity contribution in [3.8, 4) is 0 Å². The minimum atomic E-state index is -1.26. The third kappa shape index (κ3) is 5.42. The average Bonchev–Trinajstić information content (AvgIpc) is 2.86. The highest BCUT2D eigenvalue weighted by atomic mass is 32.1. The summed E-state index contributed by atoms with van der Waals surface area (Å²) in [5, 5.41) is 22.1. The first-order valence-electron chi connectivity index (χ1n) is 6.33. The fourth-order valence-electron chi connectivity index (χ4n) is 1.78. The van der Waals surface area contributed by atoms with Crippen molar-refractivity contribution in [1.29, 1.82) is 0 Å². The highest BCUT2D eigenvalue weighted by Crippen LogP contribution is 2.25. The van der Waals surface area contributed by atoms with Gasteiger partial charge in [0, 0.05) is 4.88 Å². The van der Waals surface area contributed by atoms with E-state index in [9.17, 15) is 14.4 Å². The molecule has 0 saturated carbocycles. The highest BCUT2D eigenvalue weighted by molar-refractivity contribution is 7.10. The zero-order valence-corrected chi connectivity index (χ0v) is 12.6. The number of urea groups is 1.